The quantitative estimate of drug-likeness (QED) is 0.832. The van der Waals surface area contributed by atoms with Crippen LogP contribution in [-0.2, 0) is 16.0 Å². The lowest BCUT2D eigenvalue weighted by Gasteiger charge is -2.09. The van der Waals surface area contributed by atoms with Gasteiger partial charge in [0.25, 0.3) is 0 Å². The molecule has 2 rings (SSSR count). The summed E-state index contributed by atoms with van der Waals surface area (Å²) in [6, 6.07) is 7.93. The molecule has 4 nitrogen and oxygen atoms in total. The molecule has 0 saturated carbocycles. The van der Waals surface area contributed by atoms with Crippen LogP contribution in [0.25, 0.3) is 0 Å². The van der Waals surface area contributed by atoms with E-state index in [0.29, 0.717) is 19.1 Å². The lowest BCUT2D eigenvalue weighted by Crippen LogP contribution is -2.26. The van der Waals surface area contributed by atoms with E-state index in [1.54, 1.807) is 7.11 Å². The molecule has 1 aliphatic heterocycles. The first kappa shape index (κ1) is 14.9. The van der Waals surface area contributed by atoms with E-state index in [1.807, 2.05) is 24.3 Å². The molecule has 0 bridgehead atoms. The van der Waals surface area contributed by atoms with Crippen LogP contribution in [0.4, 0.5) is 0 Å². The molecule has 0 radical (unpaired) electrons. The Kier molecular flexibility index (Phi) is 5.87. The lowest BCUT2D eigenvalue weighted by atomic mass is 10.1. The molecule has 4 heteroatoms. The van der Waals surface area contributed by atoms with Gasteiger partial charge in [0, 0.05) is 19.6 Å². The van der Waals surface area contributed by atoms with Crippen molar-refractivity contribution < 1.29 is 14.3 Å². The Morgan fingerprint density at radius 3 is 3.15 bits per heavy atom. The van der Waals surface area contributed by atoms with Crippen LogP contribution in [0.15, 0.2) is 24.3 Å². The average molecular weight is 277 g/mol. The van der Waals surface area contributed by atoms with Gasteiger partial charge in [-0.1, -0.05) is 12.1 Å². The Labute approximate surface area is 120 Å². The van der Waals surface area contributed by atoms with Gasteiger partial charge in [-0.25, -0.2) is 0 Å². The number of rotatable bonds is 7. The van der Waals surface area contributed by atoms with E-state index < -0.39 is 0 Å². The summed E-state index contributed by atoms with van der Waals surface area (Å²) in [6.45, 7) is 1.51. The lowest BCUT2D eigenvalue weighted by molar-refractivity contribution is -0.121. The predicted octanol–water partition coefficient (Wildman–Crippen LogP) is 2.31. The maximum absolute atomic E-state index is 11.7. The van der Waals surface area contributed by atoms with E-state index in [0.717, 1.165) is 38.0 Å². The Balaban J connectivity index is 1.63. The monoisotopic (exact) mass is 277 g/mol. The molecule has 1 saturated heterocycles. The molecule has 110 valence electrons. The van der Waals surface area contributed by atoms with E-state index >= 15 is 0 Å². The molecular weight excluding hydrogens is 254 g/mol. The molecule has 20 heavy (non-hydrogen) atoms. The zero-order chi connectivity index (χ0) is 14.2. The van der Waals surface area contributed by atoms with Crippen molar-refractivity contribution in [3.63, 3.8) is 0 Å². The number of benzene rings is 1. The van der Waals surface area contributed by atoms with Crippen molar-refractivity contribution in [2.24, 2.45) is 0 Å². The normalized spacial score (nSPS) is 17.9. The van der Waals surface area contributed by atoms with E-state index in [2.05, 4.69) is 5.32 Å². The van der Waals surface area contributed by atoms with Crippen molar-refractivity contribution in [3.05, 3.63) is 29.8 Å². The van der Waals surface area contributed by atoms with E-state index in [1.165, 1.54) is 5.56 Å². The summed E-state index contributed by atoms with van der Waals surface area (Å²) in [5.74, 6) is 0.968. The van der Waals surface area contributed by atoms with Gasteiger partial charge in [-0.15, -0.1) is 0 Å². The van der Waals surface area contributed by atoms with Gasteiger partial charge in [0.05, 0.1) is 13.2 Å². The highest BCUT2D eigenvalue weighted by atomic mass is 16.5. The number of carbonyl (C=O) groups excluding carboxylic acids is 1. The second kappa shape index (κ2) is 7.90. The van der Waals surface area contributed by atoms with E-state index in [9.17, 15) is 4.79 Å². The molecule has 1 heterocycles. The van der Waals surface area contributed by atoms with Gasteiger partial charge >= 0.3 is 0 Å². The van der Waals surface area contributed by atoms with Crippen LogP contribution in [0.3, 0.4) is 0 Å². The summed E-state index contributed by atoms with van der Waals surface area (Å²) in [6.07, 6.45) is 4.73. The smallest absolute Gasteiger partial charge is 0.220 e. The van der Waals surface area contributed by atoms with Gasteiger partial charge < -0.3 is 14.8 Å². The topological polar surface area (TPSA) is 47.6 Å². The first-order chi connectivity index (χ1) is 9.78. The molecule has 1 fully saturated rings. The summed E-state index contributed by atoms with van der Waals surface area (Å²) in [7, 11) is 1.66. The average Bonchev–Trinajstić information content (AvgIpc) is 2.99. The first-order valence-electron chi connectivity index (χ1n) is 7.29. The number of hydrogen-bond acceptors (Lipinski definition) is 3. The second-order valence-corrected chi connectivity index (χ2v) is 5.13. The van der Waals surface area contributed by atoms with Crippen LogP contribution >= 0.6 is 0 Å². The van der Waals surface area contributed by atoms with Crippen molar-refractivity contribution >= 4 is 5.91 Å². The zero-order valence-corrected chi connectivity index (χ0v) is 12.1. The molecule has 1 aromatic carbocycles. The summed E-state index contributed by atoms with van der Waals surface area (Å²) < 4.78 is 10.7. The van der Waals surface area contributed by atoms with Gasteiger partial charge in [0.2, 0.25) is 5.91 Å². The van der Waals surface area contributed by atoms with Gasteiger partial charge in [0.15, 0.2) is 0 Å². The van der Waals surface area contributed by atoms with Crippen molar-refractivity contribution in [3.8, 4) is 5.75 Å². The molecule has 0 spiro atoms. The number of hydrogen-bond donors (Lipinski definition) is 1. The van der Waals surface area contributed by atoms with Crippen LogP contribution < -0.4 is 10.1 Å². The summed E-state index contributed by atoms with van der Waals surface area (Å²) >= 11 is 0. The van der Waals surface area contributed by atoms with Gasteiger partial charge in [-0.05, 0) is 43.4 Å². The van der Waals surface area contributed by atoms with Crippen LogP contribution in [-0.4, -0.2) is 32.3 Å². The Morgan fingerprint density at radius 1 is 1.50 bits per heavy atom. The third kappa shape index (κ3) is 4.85. The molecule has 0 aliphatic carbocycles. The Hall–Kier alpha value is -1.55. The molecule has 1 atom stereocenters. The summed E-state index contributed by atoms with van der Waals surface area (Å²) in [4.78, 5) is 11.7. The maximum atomic E-state index is 11.7. The fourth-order valence-corrected chi connectivity index (χ4v) is 2.43. The van der Waals surface area contributed by atoms with Gasteiger partial charge in [-0.3, -0.25) is 4.79 Å². The highest BCUT2D eigenvalue weighted by Gasteiger charge is 2.16. The Bertz CT molecular complexity index is 427. The molecule has 1 amide bonds. The maximum Gasteiger partial charge on any atom is 0.220 e. The van der Waals surface area contributed by atoms with E-state index in [-0.39, 0.29) is 5.91 Å². The largest absolute Gasteiger partial charge is 0.497 e. The third-order valence-corrected chi connectivity index (χ3v) is 3.59. The fraction of sp³-hybridized carbons (Fsp3) is 0.562. The van der Waals surface area contributed by atoms with Gasteiger partial charge in [-0.2, -0.15) is 0 Å². The Morgan fingerprint density at radius 2 is 2.40 bits per heavy atom. The van der Waals surface area contributed by atoms with Crippen molar-refractivity contribution in [1.82, 2.24) is 5.32 Å². The molecule has 1 aromatic rings. The molecule has 1 aliphatic rings. The fourth-order valence-electron chi connectivity index (χ4n) is 2.43. The molecule has 0 aromatic heterocycles. The van der Waals surface area contributed by atoms with Crippen molar-refractivity contribution in [2.45, 2.75) is 38.2 Å². The van der Waals surface area contributed by atoms with Crippen molar-refractivity contribution in [2.75, 3.05) is 20.3 Å². The molecular formula is C16H23NO3. The van der Waals surface area contributed by atoms with Crippen LogP contribution in [0.1, 0.15) is 31.2 Å². The number of methoxy groups -OCH3 is 1. The number of nitrogens with one attached hydrogen (secondary N) is 1. The van der Waals surface area contributed by atoms with E-state index in [4.69, 9.17) is 9.47 Å². The highest BCUT2D eigenvalue weighted by Crippen LogP contribution is 2.16. The minimum atomic E-state index is 0.114. The number of ether oxygens (including phenoxy) is 2. The first-order valence-corrected chi connectivity index (χ1v) is 7.29. The predicted molar refractivity (Wildman–Crippen MR) is 77.9 cm³/mol. The number of amides is 1. The molecule has 1 unspecified atom stereocenters. The minimum Gasteiger partial charge on any atom is -0.497 e. The highest BCUT2D eigenvalue weighted by molar-refractivity contribution is 5.75. The minimum absolute atomic E-state index is 0.114. The third-order valence-electron chi connectivity index (χ3n) is 3.59. The molecule has 1 N–H and O–H groups in total. The van der Waals surface area contributed by atoms with Crippen LogP contribution in [0.2, 0.25) is 0 Å². The summed E-state index contributed by atoms with van der Waals surface area (Å²) in [5.41, 5.74) is 1.17. The number of carbonyl (C=O) groups is 1. The van der Waals surface area contributed by atoms with Gasteiger partial charge in [0.1, 0.15) is 5.75 Å². The second-order valence-electron chi connectivity index (χ2n) is 5.13. The summed E-state index contributed by atoms with van der Waals surface area (Å²) in [5, 5.41) is 2.96. The standard InChI is InChI=1S/C16H23NO3/c1-19-15-5-2-4-13(12-15)9-10-17-16(18)8-7-14-6-3-11-20-14/h2,4-5,12,14H,3,6-11H2,1H3,(H,17,18). The SMILES string of the molecule is COc1cccc(CCNC(=O)CCC2CCCO2)c1. The van der Waals surface area contributed by atoms with Crippen LogP contribution in [0.5, 0.6) is 5.75 Å². The van der Waals surface area contributed by atoms with Crippen molar-refractivity contribution in [1.29, 1.82) is 0 Å². The van der Waals surface area contributed by atoms with Crippen LogP contribution in [0, 0.1) is 0 Å². The zero-order valence-electron chi connectivity index (χ0n) is 12.1.